The van der Waals surface area contributed by atoms with Crippen LogP contribution in [0.3, 0.4) is 0 Å². The number of carbonyl (C=O) groups excluding carboxylic acids is 2. The first-order chi connectivity index (χ1) is 18.0. The average molecular weight is 513 g/mol. The van der Waals surface area contributed by atoms with E-state index in [4.69, 9.17) is 14.7 Å². The lowest BCUT2D eigenvalue weighted by Crippen LogP contribution is -2.39. The fraction of sp³-hybridized carbons (Fsp3) is 0.300. The maximum Gasteiger partial charge on any atom is 0.312 e. The van der Waals surface area contributed by atoms with Crippen LogP contribution in [0.25, 0.3) is 0 Å². The molecule has 0 atom stereocenters. The van der Waals surface area contributed by atoms with Gasteiger partial charge < -0.3 is 14.8 Å². The summed E-state index contributed by atoms with van der Waals surface area (Å²) in [5.74, 6) is 0.0505. The van der Waals surface area contributed by atoms with Crippen LogP contribution < -0.4 is 10.1 Å². The van der Waals surface area contributed by atoms with Crippen molar-refractivity contribution in [3.05, 3.63) is 83.9 Å². The fourth-order valence-electron chi connectivity index (χ4n) is 3.02. The molecule has 0 saturated carbocycles. The van der Waals surface area contributed by atoms with Crippen LogP contribution >= 0.6 is 0 Å². The Morgan fingerprint density at radius 2 is 1.37 bits per heavy atom. The number of nitriles is 1. The van der Waals surface area contributed by atoms with Gasteiger partial charge in [0.1, 0.15) is 19.0 Å². The minimum atomic E-state index is -0.613. The third-order valence-corrected chi connectivity index (χ3v) is 6.49. The molecule has 3 aromatic carbocycles. The molecule has 0 heterocycles. The summed E-state index contributed by atoms with van der Waals surface area (Å²) < 4.78 is 11.0. The van der Waals surface area contributed by atoms with Crippen molar-refractivity contribution in [3.8, 4) is 11.8 Å². The quantitative estimate of drug-likeness (QED) is 0.185. The lowest BCUT2D eigenvalue weighted by molar-refractivity contribution is -0.161. The van der Waals surface area contributed by atoms with Gasteiger partial charge in [-0.05, 0) is 92.1 Å². The van der Waals surface area contributed by atoms with E-state index in [2.05, 4.69) is 21.6 Å². The van der Waals surface area contributed by atoms with Crippen LogP contribution in [0.4, 0.5) is 17.1 Å². The van der Waals surface area contributed by atoms with E-state index in [1.807, 2.05) is 34.6 Å². The number of ether oxygens (including phenoxy) is 2. The second-order valence-electron chi connectivity index (χ2n) is 10.2. The summed E-state index contributed by atoms with van der Waals surface area (Å²) in [6.07, 6.45) is 0. The van der Waals surface area contributed by atoms with Crippen LogP contribution in [0.2, 0.25) is 0 Å². The lowest BCUT2D eigenvalue weighted by Gasteiger charge is -2.36. The summed E-state index contributed by atoms with van der Waals surface area (Å²) in [4.78, 5) is 25.0. The Kier molecular flexibility index (Phi) is 8.98. The largest absolute Gasteiger partial charge is 0.490 e. The number of rotatable bonds is 9. The van der Waals surface area contributed by atoms with Gasteiger partial charge in [0.05, 0.1) is 28.4 Å². The van der Waals surface area contributed by atoms with E-state index >= 15 is 0 Å². The number of azo groups is 1. The molecule has 38 heavy (non-hydrogen) atoms. The molecule has 1 amide bonds. The van der Waals surface area contributed by atoms with Crippen molar-refractivity contribution in [1.29, 1.82) is 5.26 Å². The smallest absolute Gasteiger partial charge is 0.312 e. The number of amides is 1. The van der Waals surface area contributed by atoms with Gasteiger partial charge in [-0.1, -0.05) is 20.8 Å². The standard InChI is InChI=1S/C30H32N4O4/c1-29(2,3)30(4,5)28(36)38-19-18-37-26-16-8-22(9-17-26)27(35)32-23-12-14-25(15-13-23)34-33-24-10-6-21(20-31)7-11-24/h6-17H,18-19H2,1-5H3,(H,32,35)/b34-33+. The molecular formula is C30H32N4O4. The second kappa shape index (κ2) is 12.2. The topological polar surface area (TPSA) is 113 Å². The highest BCUT2D eigenvalue weighted by Gasteiger charge is 2.41. The molecular weight excluding hydrogens is 480 g/mol. The molecule has 0 fully saturated rings. The van der Waals surface area contributed by atoms with E-state index < -0.39 is 5.41 Å². The minimum absolute atomic E-state index is 0.142. The van der Waals surface area contributed by atoms with Crippen molar-refractivity contribution < 1.29 is 19.1 Å². The number of hydrogen-bond acceptors (Lipinski definition) is 7. The van der Waals surface area contributed by atoms with E-state index in [9.17, 15) is 9.59 Å². The van der Waals surface area contributed by atoms with Crippen molar-refractivity contribution in [2.45, 2.75) is 34.6 Å². The first kappa shape index (κ1) is 28.1. The summed E-state index contributed by atoms with van der Waals surface area (Å²) in [7, 11) is 0. The molecule has 0 aliphatic heterocycles. The summed E-state index contributed by atoms with van der Waals surface area (Å²) in [6, 6.07) is 22.6. The van der Waals surface area contributed by atoms with Gasteiger partial charge in [0.2, 0.25) is 0 Å². The Hall–Kier alpha value is -4.51. The van der Waals surface area contributed by atoms with Gasteiger partial charge in [0.25, 0.3) is 5.91 Å². The van der Waals surface area contributed by atoms with Crippen LogP contribution in [0, 0.1) is 22.2 Å². The van der Waals surface area contributed by atoms with E-state index in [1.165, 1.54) is 0 Å². The molecule has 3 rings (SSSR count). The third-order valence-electron chi connectivity index (χ3n) is 6.49. The van der Waals surface area contributed by atoms with Crippen molar-refractivity contribution in [1.82, 2.24) is 0 Å². The van der Waals surface area contributed by atoms with Crippen molar-refractivity contribution in [2.24, 2.45) is 21.1 Å². The summed E-state index contributed by atoms with van der Waals surface area (Å²) >= 11 is 0. The Labute approximate surface area is 223 Å². The van der Waals surface area contributed by atoms with Gasteiger partial charge in [-0.2, -0.15) is 15.5 Å². The van der Waals surface area contributed by atoms with Crippen LogP contribution in [-0.4, -0.2) is 25.1 Å². The molecule has 0 aromatic heterocycles. The number of nitrogens with zero attached hydrogens (tertiary/aromatic N) is 3. The highest BCUT2D eigenvalue weighted by atomic mass is 16.6. The predicted molar refractivity (Wildman–Crippen MR) is 146 cm³/mol. The molecule has 0 radical (unpaired) electrons. The summed E-state index contributed by atoms with van der Waals surface area (Å²) in [5.41, 5.74) is 2.08. The van der Waals surface area contributed by atoms with Crippen molar-refractivity contribution >= 4 is 28.9 Å². The first-order valence-corrected chi connectivity index (χ1v) is 12.2. The lowest BCUT2D eigenvalue weighted by atomic mass is 9.69. The van der Waals surface area contributed by atoms with Gasteiger partial charge in [0.15, 0.2) is 0 Å². The van der Waals surface area contributed by atoms with Crippen LogP contribution in [0.1, 0.15) is 50.5 Å². The van der Waals surface area contributed by atoms with Gasteiger partial charge in [-0.3, -0.25) is 9.59 Å². The molecule has 1 N–H and O–H groups in total. The zero-order chi connectivity index (χ0) is 27.8. The fourth-order valence-corrected chi connectivity index (χ4v) is 3.02. The monoisotopic (exact) mass is 512 g/mol. The molecule has 0 saturated heterocycles. The SMILES string of the molecule is CC(C)(C)C(C)(C)C(=O)OCCOc1ccc(C(=O)Nc2ccc(/N=N/c3ccc(C#N)cc3)cc2)cc1. The van der Waals surface area contributed by atoms with Gasteiger partial charge in [-0.25, -0.2) is 0 Å². The third kappa shape index (κ3) is 7.50. The van der Waals surface area contributed by atoms with E-state index in [1.54, 1.807) is 72.8 Å². The summed E-state index contributed by atoms with van der Waals surface area (Å²) in [5, 5.41) is 20.0. The number of benzene rings is 3. The number of esters is 1. The Morgan fingerprint density at radius 3 is 1.89 bits per heavy atom. The van der Waals surface area contributed by atoms with Gasteiger partial charge in [-0.15, -0.1) is 0 Å². The Balaban J connectivity index is 1.46. The van der Waals surface area contributed by atoms with Crippen molar-refractivity contribution in [3.63, 3.8) is 0 Å². The summed E-state index contributed by atoms with van der Waals surface area (Å²) in [6.45, 7) is 10.1. The predicted octanol–water partition coefficient (Wildman–Crippen LogP) is 7.22. The molecule has 0 aliphatic carbocycles. The Morgan fingerprint density at radius 1 is 0.816 bits per heavy atom. The normalized spacial score (nSPS) is 11.6. The molecule has 8 heteroatoms. The van der Waals surface area contributed by atoms with Gasteiger partial charge in [0, 0.05) is 11.3 Å². The van der Waals surface area contributed by atoms with Crippen LogP contribution in [0.15, 0.2) is 83.0 Å². The molecule has 0 aliphatic rings. The van der Waals surface area contributed by atoms with Crippen LogP contribution in [-0.2, 0) is 9.53 Å². The van der Waals surface area contributed by atoms with Crippen molar-refractivity contribution in [2.75, 3.05) is 18.5 Å². The molecule has 0 bridgehead atoms. The maximum atomic E-state index is 12.6. The minimum Gasteiger partial charge on any atom is -0.490 e. The number of anilines is 1. The van der Waals surface area contributed by atoms with Gasteiger partial charge >= 0.3 is 5.97 Å². The molecule has 3 aromatic rings. The highest BCUT2D eigenvalue weighted by Crippen LogP contribution is 2.38. The highest BCUT2D eigenvalue weighted by molar-refractivity contribution is 6.04. The van der Waals surface area contributed by atoms with E-state index in [-0.39, 0.29) is 30.5 Å². The zero-order valence-electron chi connectivity index (χ0n) is 22.3. The number of nitrogens with one attached hydrogen (secondary N) is 1. The Bertz CT molecular complexity index is 1320. The number of hydrogen-bond donors (Lipinski definition) is 1. The van der Waals surface area contributed by atoms with E-state index in [0.29, 0.717) is 33.9 Å². The molecule has 0 unspecified atom stereocenters. The number of carbonyl (C=O) groups is 2. The molecule has 196 valence electrons. The second-order valence-corrected chi connectivity index (χ2v) is 10.2. The van der Waals surface area contributed by atoms with Crippen LogP contribution in [0.5, 0.6) is 5.75 Å². The zero-order valence-corrected chi connectivity index (χ0v) is 22.3. The molecule has 8 nitrogen and oxygen atoms in total. The van der Waals surface area contributed by atoms with E-state index in [0.717, 1.165) is 0 Å². The average Bonchev–Trinajstić information content (AvgIpc) is 2.90. The molecule has 0 spiro atoms. The maximum absolute atomic E-state index is 12.6. The first-order valence-electron chi connectivity index (χ1n) is 12.2.